The summed E-state index contributed by atoms with van der Waals surface area (Å²) in [5.74, 6) is 3.43. The molecule has 10 rings (SSSR count). The first-order valence-electron chi connectivity index (χ1n) is 32.4. The lowest BCUT2D eigenvalue weighted by Gasteiger charge is -2.61. The monoisotopic (exact) mass is 1310 g/mol. The van der Waals surface area contributed by atoms with E-state index in [2.05, 4.69) is 34.6 Å². The highest BCUT2D eigenvalue weighted by Crippen LogP contribution is 2.69. The van der Waals surface area contributed by atoms with Gasteiger partial charge in [-0.2, -0.15) is 0 Å². The van der Waals surface area contributed by atoms with E-state index in [1.54, 1.807) is 36.4 Å². The molecule has 4 aliphatic carbocycles. The number of carbonyl (C=O) groups excluding carboxylic acids is 2. The predicted octanol–water partition coefficient (Wildman–Crippen LogP) is 19.4. The molecule has 6 aromatic rings. The Morgan fingerprint density at radius 1 is 0.559 bits per heavy atom. The van der Waals surface area contributed by atoms with Crippen LogP contribution >= 0.6 is 23.2 Å². The molecule has 4 aliphatic rings. The molecule has 4 fully saturated rings. The highest BCUT2D eigenvalue weighted by atomic mass is 35.5. The third kappa shape index (κ3) is 15.6. The van der Waals surface area contributed by atoms with Gasteiger partial charge in [-0.15, -0.1) is 0 Å². The van der Waals surface area contributed by atoms with Crippen molar-refractivity contribution in [2.45, 2.75) is 151 Å². The molecule has 0 bridgehead atoms. The normalized spacial score (nSPS) is 22.5. The molecule has 0 spiro atoms. The van der Waals surface area contributed by atoms with Crippen molar-refractivity contribution in [2.24, 2.45) is 58.2 Å². The third-order valence-electron chi connectivity index (χ3n) is 21.0. The van der Waals surface area contributed by atoms with Crippen LogP contribution in [-0.4, -0.2) is 31.6 Å². The highest BCUT2D eigenvalue weighted by molar-refractivity contribution is 6.33. The van der Waals surface area contributed by atoms with Crippen LogP contribution in [0, 0.1) is 98.6 Å². The fraction of sp³-hybridized carbons (Fsp3) is 0.452. The van der Waals surface area contributed by atoms with E-state index in [9.17, 15) is 50.0 Å². The Kier molecular flexibility index (Phi) is 21.4. The predicted molar refractivity (Wildman–Crippen MR) is 355 cm³/mol. The van der Waals surface area contributed by atoms with Crippen LogP contribution < -0.4 is 9.47 Å². The number of ether oxygens (including phenoxy) is 4. The second-order valence-corrected chi connectivity index (χ2v) is 27.9. The van der Waals surface area contributed by atoms with Crippen LogP contribution in [0.3, 0.4) is 0 Å². The molecule has 18 nitrogen and oxygen atoms in total. The van der Waals surface area contributed by atoms with Crippen LogP contribution in [0.15, 0.2) is 127 Å². The SMILES string of the molecule is CC(C)CCCC(C)[C@H]1CC[C@@H]2[C@H]3CC[C@H]4C[C@@H](CCC=C(c5cc(Cl)c(OCc6cccc([N+](=O)[O-])c6)c(C(=O)OCc6cccc([N+](=O)[O-])c6)c5)c5cc(Cl)c(OCc6cccc([N+](=O)[O-])c6)c(C(=O)OCc6cccc([N+](=O)[O-])c6)c5)CC[C@]4(C)[C@@H]3CC[C@]12C. The van der Waals surface area contributed by atoms with Gasteiger partial charge in [0.25, 0.3) is 22.7 Å². The van der Waals surface area contributed by atoms with Crippen molar-refractivity contribution in [2.75, 3.05) is 0 Å². The first-order valence-corrected chi connectivity index (χ1v) is 33.2. The molecule has 0 aromatic heterocycles. The molecule has 0 N–H and O–H groups in total. The van der Waals surface area contributed by atoms with E-state index in [-0.39, 0.29) is 87.3 Å². The van der Waals surface area contributed by atoms with E-state index in [0.717, 1.165) is 55.3 Å². The molecular weight excluding hydrogens is 1230 g/mol. The number of carbonyl (C=O) groups is 2. The average molecular weight is 1310 g/mol. The lowest BCUT2D eigenvalue weighted by Crippen LogP contribution is -2.53. The molecule has 93 heavy (non-hydrogen) atoms. The molecular formula is C73H80Cl2N4O14. The fourth-order valence-corrected chi connectivity index (χ4v) is 16.9. The van der Waals surface area contributed by atoms with E-state index in [1.807, 2.05) is 6.08 Å². The van der Waals surface area contributed by atoms with Gasteiger partial charge in [-0.1, -0.05) is 132 Å². The Bertz CT molecular complexity index is 3650. The van der Waals surface area contributed by atoms with Gasteiger partial charge in [-0.3, -0.25) is 40.5 Å². The van der Waals surface area contributed by atoms with Crippen molar-refractivity contribution < 1.29 is 48.2 Å². The minimum atomic E-state index is -0.922. The summed E-state index contributed by atoms with van der Waals surface area (Å²) < 4.78 is 24.3. The number of esters is 2. The topological polar surface area (TPSA) is 244 Å². The molecule has 20 heteroatoms. The lowest BCUT2D eigenvalue weighted by atomic mass is 9.44. The van der Waals surface area contributed by atoms with Gasteiger partial charge in [0.15, 0.2) is 11.5 Å². The molecule has 4 saturated carbocycles. The van der Waals surface area contributed by atoms with E-state index >= 15 is 0 Å². The summed E-state index contributed by atoms with van der Waals surface area (Å²) in [7, 11) is 0. The van der Waals surface area contributed by atoms with Gasteiger partial charge in [0.2, 0.25) is 0 Å². The molecule has 0 amide bonds. The number of hydrogen-bond acceptors (Lipinski definition) is 14. The van der Waals surface area contributed by atoms with E-state index in [1.165, 1.54) is 143 Å². The average Bonchev–Trinajstić information content (AvgIpc) is 1.70. The van der Waals surface area contributed by atoms with Crippen molar-refractivity contribution in [3.8, 4) is 11.5 Å². The smallest absolute Gasteiger partial charge is 0.342 e. The number of nitro benzene ring substituents is 4. The van der Waals surface area contributed by atoms with Crippen LogP contribution in [0.2, 0.25) is 10.0 Å². The maximum atomic E-state index is 14.6. The lowest BCUT2D eigenvalue weighted by molar-refractivity contribution is -0.385. The van der Waals surface area contributed by atoms with Crippen LogP contribution in [0.25, 0.3) is 5.57 Å². The molecule has 0 aliphatic heterocycles. The van der Waals surface area contributed by atoms with Crippen molar-refractivity contribution >= 4 is 63.5 Å². The highest BCUT2D eigenvalue weighted by Gasteiger charge is 2.60. The van der Waals surface area contributed by atoms with Gasteiger partial charge in [0, 0.05) is 48.5 Å². The number of allylic oxidation sites excluding steroid dienone is 1. The number of benzene rings is 6. The maximum absolute atomic E-state index is 14.6. The summed E-state index contributed by atoms with van der Waals surface area (Å²) in [6, 6.07) is 29.1. The molecule has 9 atom stereocenters. The minimum Gasteiger partial charge on any atom is -0.486 e. The van der Waals surface area contributed by atoms with Gasteiger partial charge in [0.05, 0.1) is 29.7 Å². The largest absolute Gasteiger partial charge is 0.486 e. The van der Waals surface area contributed by atoms with Crippen molar-refractivity contribution in [1.29, 1.82) is 0 Å². The van der Waals surface area contributed by atoms with E-state index in [4.69, 9.17) is 42.1 Å². The molecule has 6 aromatic carbocycles. The van der Waals surface area contributed by atoms with Gasteiger partial charge < -0.3 is 18.9 Å². The Labute approximate surface area is 552 Å². The quantitative estimate of drug-likeness (QED) is 0.0279. The number of non-ortho nitro benzene ring substituents is 4. The van der Waals surface area contributed by atoms with Crippen LogP contribution in [-0.2, 0) is 35.9 Å². The summed E-state index contributed by atoms with van der Waals surface area (Å²) in [4.78, 5) is 74.1. The zero-order valence-corrected chi connectivity index (χ0v) is 54.7. The zero-order valence-electron chi connectivity index (χ0n) is 53.2. The maximum Gasteiger partial charge on any atom is 0.342 e. The van der Waals surface area contributed by atoms with Gasteiger partial charge in [-0.25, -0.2) is 9.59 Å². The summed E-state index contributed by atoms with van der Waals surface area (Å²) in [5.41, 5.74) is 2.19. The number of nitrogens with zero attached hydrogens (tertiary/aromatic N) is 4. The fourth-order valence-electron chi connectivity index (χ4n) is 16.4. The Morgan fingerprint density at radius 2 is 1.01 bits per heavy atom. The van der Waals surface area contributed by atoms with E-state index in [0.29, 0.717) is 68.5 Å². The Hall–Kier alpha value is -8.22. The number of halogens is 2. The molecule has 1 unspecified atom stereocenters. The van der Waals surface area contributed by atoms with Gasteiger partial charge >= 0.3 is 11.9 Å². The number of nitro groups is 4. The third-order valence-corrected chi connectivity index (χ3v) is 21.6. The Balaban J connectivity index is 0.995. The number of rotatable bonds is 26. The standard InChI is InChI=1S/C73H80Cl2N4O14/c1-45(2)12-6-13-46(3)63-26-27-64-60-25-24-54-32-47(28-30-72(54,4)65(60)29-31-73(63,64)5)14-11-23-59(52-37-61(70(80)92-43-50-17-9-21-57(35-50)78(86)87)68(66(74)39-52)90-41-48-15-7-19-55(33-48)76(82)83)53-38-62(71(81)93-44-51-18-10-22-58(36-51)79(88)89)69(67(75)40-53)91-42-49-16-8-20-56(34-49)77(84)85/h7-10,15-23,33-40,45-47,54,60,63-65H,6,11-14,24-32,41-44H2,1-5H3/t46?,47-,54-,60+,63+,64+,65+,72-,73+/m0/s1. The number of fused-ring (bicyclic) bond motifs is 5. The van der Waals surface area contributed by atoms with Crippen molar-refractivity contribution in [3.63, 3.8) is 0 Å². The first kappa shape index (κ1) is 67.7. The zero-order chi connectivity index (χ0) is 66.3. The van der Waals surface area contributed by atoms with Crippen LogP contribution in [0.1, 0.15) is 179 Å². The van der Waals surface area contributed by atoms with Crippen LogP contribution in [0.5, 0.6) is 11.5 Å². The van der Waals surface area contributed by atoms with Crippen molar-refractivity contribution in [3.05, 3.63) is 222 Å². The molecule has 490 valence electrons. The summed E-state index contributed by atoms with van der Waals surface area (Å²) in [6.45, 7) is 11.2. The second kappa shape index (κ2) is 29.4. The van der Waals surface area contributed by atoms with Crippen LogP contribution in [0.4, 0.5) is 22.7 Å². The first-order chi connectivity index (χ1) is 44.5. The van der Waals surface area contributed by atoms with Gasteiger partial charge in [-0.05, 0) is 192 Å². The number of hydrogen-bond donors (Lipinski definition) is 0. The summed E-state index contributed by atoms with van der Waals surface area (Å²) >= 11 is 14.5. The second-order valence-electron chi connectivity index (χ2n) is 27.1. The van der Waals surface area contributed by atoms with Gasteiger partial charge in [0.1, 0.15) is 37.6 Å². The van der Waals surface area contributed by atoms with E-state index < -0.39 is 31.6 Å². The summed E-state index contributed by atoms with van der Waals surface area (Å²) in [6.07, 6.45) is 18.5. The molecule has 0 radical (unpaired) electrons. The summed E-state index contributed by atoms with van der Waals surface area (Å²) in [5, 5.41) is 46.9. The van der Waals surface area contributed by atoms with Crippen molar-refractivity contribution in [1.82, 2.24) is 0 Å². The minimum absolute atomic E-state index is 0.0554. The Morgan fingerprint density at radius 3 is 1.47 bits per heavy atom. The molecule has 0 saturated heterocycles. The molecule has 0 heterocycles.